The van der Waals surface area contributed by atoms with Crippen LogP contribution < -0.4 is 5.32 Å². The first-order valence-electron chi connectivity index (χ1n) is 7.84. The molecule has 3 amide bonds. The highest BCUT2D eigenvalue weighted by atomic mass is 35.5. The van der Waals surface area contributed by atoms with E-state index < -0.39 is 11.8 Å². The number of pyridine rings is 1. The molecule has 1 aromatic carbocycles. The smallest absolute Gasteiger partial charge is 0.293 e. The molecule has 0 bridgehead atoms. The molecule has 0 atom stereocenters. The van der Waals surface area contributed by atoms with Gasteiger partial charge in [0.1, 0.15) is 0 Å². The maximum absolute atomic E-state index is 12.4. The van der Waals surface area contributed by atoms with Crippen LogP contribution in [0.25, 0.3) is 6.08 Å². The topological polar surface area (TPSA) is 79.4 Å². The minimum absolute atomic E-state index is 0.0545. The summed E-state index contributed by atoms with van der Waals surface area (Å²) in [6.45, 7) is 0.152. The number of hydrogen-bond acceptors (Lipinski definition) is 5. The number of amides is 3. The van der Waals surface area contributed by atoms with Crippen LogP contribution in [-0.2, 0) is 4.79 Å². The molecule has 9 heteroatoms. The van der Waals surface area contributed by atoms with Crippen molar-refractivity contribution in [2.75, 3.05) is 13.1 Å². The zero-order valence-corrected chi connectivity index (χ0v) is 16.1. The first-order chi connectivity index (χ1) is 13.0. The standard InChI is InChI=1S/C18H13Cl2N3O3S/c19-12-3-4-14(20)13(9-12)16(24)22-6-7-23-17(25)15(27-18(23)26)8-11-2-1-5-21-10-11/h1-5,8-10H,6-7H2,(H,22,24)/b15-8+. The first-order valence-corrected chi connectivity index (χ1v) is 9.41. The Balaban J connectivity index is 1.60. The number of benzene rings is 1. The van der Waals surface area contributed by atoms with Gasteiger partial charge in [0.05, 0.1) is 15.5 Å². The van der Waals surface area contributed by atoms with Crippen LogP contribution in [0.5, 0.6) is 0 Å². The van der Waals surface area contributed by atoms with Gasteiger partial charge in [-0.05, 0) is 47.7 Å². The van der Waals surface area contributed by atoms with Gasteiger partial charge >= 0.3 is 0 Å². The molecule has 0 spiro atoms. The summed E-state index contributed by atoms with van der Waals surface area (Å²) in [6, 6.07) is 8.09. The molecule has 138 valence electrons. The van der Waals surface area contributed by atoms with E-state index in [1.165, 1.54) is 12.1 Å². The molecular weight excluding hydrogens is 409 g/mol. The Morgan fingerprint density at radius 2 is 2.07 bits per heavy atom. The Kier molecular flexibility index (Phi) is 6.15. The molecule has 1 saturated heterocycles. The minimum atomic E-state index is -0.430. The van der Waals surface area contributed by atoms with Crippen molar-refractivity contribution in [1.82, 2.24) is 15.2 Å². The van der Waals surface area contributed by atoms with Crippen molar-refractivity contribution in [3.05, 3.63) is 68.8 Å². The Bertz CT molecular complexity index is 935. The van der Waals surface area contributed by atoms with Gasteiger partial charge < -0.3 is 5.32 Å². The summed E-state index contributed by atoms with van der Waals surface area (Å²) in [5.41, 5.74) is 0.960. The molecular formula is C18H13Cl2N3O3S. The van der Waals surface area contributed by atoms with Crippen molar-refractivity contribution in [2.24, 2.45) is 0 Å². The highest BCUT2D eigenvalue weighted by molar-refractivity contribution is 8.18. The van der Waals surface area contributed by atoms with E-state index in [9.17, 15) is 14.4 Å². The number of halogens is 2. The van der Waals surface area contributed by atoms with E-state index in [1.807, 2.05) is 0 Å². The number of aromatic nitrogens is 1. The van der Waals surface area contributed by atoms with Crippen LogP contribution in [0.15, 0.2) is 47.6 Å². The largest absolute Gasteiger partial charge is 0.350 e. The molecule has 1 aliphatic heterocycles. The summed E-state index contributed by atoms with van der Waals surface area (Å²) in [4.78, 5) is 42.1. The molecule has 3 rings (SSSR count). The molecule has 2 aromatic rings. The van der Waals surface area contributed by atoms with Gasteiger partial charge in [-0.25, -0.2) is 0 Å². The summed E-state index contributed by atoms with van der Waals surface area (Å²) in [5, 5.41) is 2.90. The summed E-state index contributed by atoms with van der Waals surface area (Å²) in [7, 11) is 0. The van der Waals surface area contributed by atoms with Crippen molar-refractivity contribution in [2.45, 2.75) is 0 Å². The fraction of sp³-hybridized carbons (Fsp3) is 0.111. The lowest BCUT2D eigenvalue weighted by molar-refractivity contribution is -0.122. The van der Waals surface area contributed by atoms with Gasteiger partial charge in [0.2, 0.25) is 0 Å². The van der Waals surface area contributed by atoms with Crippen molar-refractivity contribution >= 4 is 58.1 Å². The predicted octanol–water partition coefficient (Wildman–Crippen LogP) is 3.85. The van der Waals surface area contributed by atoms with E-state index in [1.54, 1.807) is 36.7 Å². The quantitative estimate of drug-likeness (QED) is 0.741. The average Bonchev–Trinajstić information content (AvgIpc) is 2.91. The molecule has 2 heterocycles. The maximum atomic E-state index is 12.4. The van der Waals surface area contributed by atoms with Crippen molar-refractivity contribution in [3.8, 4) is 0 Å². The monoisotopic (exact) mass is 421 g/mol. The molecule has 1 aliphatic rings. The zero-order valence-electron chi connectivity index (χ0n) is 13.8. The van der Waals surface area contributed by atoms with E-state index >= 15 is 0 Å². The Morgan fingerprint density at radius 3 is 2.81 bits per heavy atom. The van der Waals surface area contributed by atoms with Crippen LogP contribution in [0, 0.1) is 0 Å². The van der Waals surface area contributed by atoms with E-state index in [0.717, 1.165) is 22.2 Å². The van der Waals surface area contributed by atoms with Gasteiger partial charge in [-0.1, -0.05) is 29.3 Å². The summed E-state index contributed by atoms with van der Waals surface area (Å²) >= 11 is 12.7. The number of carbonyl (C=O) groups is 3. The van der Waals surface area contributed by atoms with E-state index in [0.29, 0.717) is 9.93 Å². The molecule has 0 radical (unpaired) electrons. The molecule has 1 fully saturated rings. The SMILES string of the molecule is O=C(NCCN1C(=O)S/C(=C/c2cccnc2)C1=O)c1cc(Cl)ccc1Cl. The number of carbonyl (C=O) groups excluding carboxylic acids is 3. The lowest BCUT2D eigenvalue weighted by Crippen LogP contribution is -2.37. The van der Waals surface area contributed by atoms with Crippen LogP contribution in [0.3, 0.4) is 0 Å². The van der Waals surface area contributed by atoms with Crippen LogP contribution in [0.1, 0.15) is 15.9 Å². The van der Waals surface area contributed by atoms with Gasteiger partial charge in [0.15, 0.2) is 0 Å². The number of thioether (sulfide) groups is 1. The fourth-order valence-electron chi connectivity index (χ4n) is 2.35. The van der Waals surface area contributed by atoms with Crippen molar-refractivity contribution in [3.63, 3.8) is 0 Å². The van der Waals surface area contributed by atoms with Gasteiger partial charge in [0.25, 0.3) is 17.1 Å². The third kappa shape index (κ3) is 4.68. The second kappa shape index (κ2) is 8.56. The highest BCUT2D eigenvalue weighted by Gasteiger charge is 2.34. The van der Waals surface area contributed by atoms with Gasteiger partial charge in [-0.3, -0.25) is 24.3 Å². The average molecular weight is 422 g/mol. The molecule has 0 aliphatic carbocycles. The summed E-state index contributed by atoms with van der Waals surface area (Å²) in [6.07, 6.45) is 4.84. The molecule has 0 unspecified atom stereocenters. The zero-order chi connectivity index (χ0) is 19.4. The summed E-state index contributed by atoms with van der Waals surface area (Å²) < 4.78 is 0. The molecule has 1 N–H and O–H groups in total. The first kappa shape index (κ1) is 19.4. The summed E-state index contributed by atoms with van der Waals surface area (Å²) in [5.74, 6) is -0.829. The van der Waals surface area contributed by atoms with Crippen LogP contribution in [0.2, 0.25) is 10.0 Å². The molecule has 0 saturated carbocycles. The molecule has 6 nitrogen and oxygen atoms in total. The van der Waals surface area contributed by atoms with Crippen molar-refractivity contribution < 1.29 is 14.4 Å². The van der Waals surface area contributed by atoms with E-state index in [2.05, 4.69) is 10.3 Å². The van der Waals surface area contributed by atoms with Crippen LogP contribution in [-0.4, -0.2) is 40.0 Å². The second-order valence-corrected chi connectivity index (χ2v) is 7.34. The lowest BCUT2D eigenvalue weighted by Gasteiger charge is -2.13. The number of hydrogen-bond donors (Lipinski definition) is 1. The predicted molar refractivity (Wildman–Crippen MR) is 106 cm³/mol. The fourth-order valence-corrected chi connectivity index (χ4v) is 3.59. The van der Waals surface area contributed by atoms with Crippen molar-refractivity contribution in [1.29, 1.82) is 0 Å². The third-order valence-electron chi connectivity index (χ3n) is 3.65. The Morgan fingerprint density at radius 1 is 1.26 bits per heavy atom. The number of imide groups is 1. The molecule has 27 heavy (non-hydrogen) atoms. The Hall–Kier alpha value is -2.35. The van der Waals surface area contributed by atoms with Crippen LogP contribution in [0.4, 0.5) is 4.79 Å². The van der Waals surface area contributed by atoms with E-state index in [-0.39, 0.29) is 28.9 Å². The normalized spacial score (nSPS) is 15.5. The number of nitrogens with zero attached hydrogens (tertiary/aromatic N) is 2. The maximum Gasteiger partial charge on any atom is 0.293 e. The van der Waals surface area contributed by atoms with E-state index in [4.69, 9.17) is 23.2 Å². The Labute approximate surface area is 169 Å². The van der Waals surface area contributed by atoms with Gasteiger partial charge in [-0.15, -0.1) is 0 Å². The van der Waals surface area contributed by atoms with Crippen LogP contribution >= 0.6 is 35.0 Å². The van der Waals surface area contributed by atoms with Gasteiger partial charge in [0, 0.05) is 30.5 Å². The minimum Gasteiger partial charge on any atom is -0.350 e. The van der Waals surface area contributed by atoms with Gasteiger partial charge in [-0.2, -0.15) is 0 Å². The molecule has 1 aromatic heterocycles. The number of rotatable bonds is 5. The third-order valence-corrected chi connectivity index (χ3v) is 5.12. The number of nitrogens with one attached hydrogen (secondary N) is 1. The highest BCUT2D eigenvalue weighted by Crippen LogP contribution is 2.31. The lowest BCUT2D eigenvalue weighted by atomic mass is 10.2. The second-order valence-electron chi connectivity index (χ2n) is 5.50.